The van der Waals surface area contributed by atoms with Gasteiger partial charge < -0.3 is 61.2 Å². The number of hydrogen-bond donors (Lipinski definition) is 10. The molecule has 11 N–H and O–H groups in total. The van der Waals surface area contributed by atoms with Gasteiger partial charge in [-0.1, -0.05) is 20.8 Å². The normalized spacial score (nSPS) is 55.2. The smallest absolute Gasteiger partial charge is 0.303 e. The van der Waals surface area contributed by atoms with Crippen LogP contribution in [0.2, 0.25) is 0 Å². The van der Waals surface area contributed by atoms with Gasteiger partial charge in [-0.15, -0.1) is 0 Å². The van der Waals surface area contributed by atoms with Gasteiger partial charge in [0.1, 0.15) is 48.8 Å². The first-order chi connectivity index (χ1) is 23.1. The Kier molecular flexibility index (Phi) is 10.9. The van der Waals surface area contributed by atoms with E-state index in [0.29, 0.717) is 19.3 Å². The fourth-order valence-corrected chi connectivity index (χ4v) is 12.7. The van der Waals surface area contributed by atoms with Crippen LogP contribution in [0.1, 0.15) is 78.6 Å². The van der Waals surface area contributed by atoms with Crippen LogP contribution in [0.3, 0.4) is 0 Å². The van der Waals surface area contributed by atoms with Gasteiger partial charge in [0.25, 0.3) is 0 Å². The fourth-order valence-electron chi connectivity index (χ4n) is 12.7. The Hall–Kier alpha value is -0.970. The van der Waals surface area contributed by atoms with Crippen LogP contribution in [0.25, 0.3) is 0 Å². The number of aliphatic hydroxyl groups is 8. The van der Waals surface area contributed by atoms with E-state index in [2.05, 4.69) is 20.8 Å². The molecule has 0 aromatic carbocycles. The molecular formula is C36H61NO12. The standard InChI is InChI=1S/C36H61NO12/c1-15(4-7-25(40)41)19-5-6-20-26-18(33-31(46)29(44)27(42)23(13-38)48-33)11-16-10-17(37)8-9-35(16,2)21(26)12-22(36(19,20)3)34-32(47)30(45)28(43)24(14-39)49-34/h15-24,26-34,38-39,42-47H,4-14,37H2,1-3H3,(H,40,41)/t15-,16+,17?,18+,19-,20+,21+,22+,23-,24-,26+,27-,28-,29+,30+,31-,32-,33?,34+,35+,36-/m1/s1. The Morgan fingerprint density at radius 2 is 1.37 bits per heavy atom. The lowest BCUT2D eigenvalue weighted by molar-refractivity contribution is -0.287. The van der Waals surface area contributed by atoms with Gasteiger partial charge in [-0.25, -0.2) is 0 Å². The van der Waals surface area contributed by atoms with E-state index in [1.807, 2.05) is 0 Å². The highest BCUT2D eigenvalue weighted by atomic mass is 16.6. The maximum absolute atomic E-state index is 11.7. The van der Waals surface area contributed by atoms with Crippen molar-refractivity contribution in [3.63, 3.8) is 0 Å². The summed E-state index contributed by atoms with van der Waals surface area (Å²) in [6.45, 7) is 5.55. The van der Waals surface area contributed by atoms with Crippen LogP contribution >= 0.6 is 0 Å². The molecule has 2 aliphatic heterocycles. The number of ether oxygens (including phenoxy) is 2. The summed E-state index contributed by atoms with van der Waals surface area (Å²) in [5, 5.41) is 96.3. The predicted octanol–water partition coefficient (Wildman–Crippen LogP) is -0.389. The van der Waals surface area contributed by atoms with Crippen molar-refractivity contribution in [2.45, 2.75) is 146 Å². The number of carboxylic acid groups (broad SMARTS) is 1. The van der Waals surface area contributed by atoms with Gasteiger partial charge in [-0.05, 0) is 110 Å². The van der Waals surface area contributed by atoms with Crippen LogP contribution in [0.5, 0.6) is 0 Å². The SMILES string of the molecule is C[C@H](CCC(=O)O)[C@H]1CC[C@H]2[C@@H]3[C@@H](C4O[C@H](CO)[C@@H](O)[C@H](O)[C@H]4O)C[C@@H]4CC(N)CC[C@]4(C)[C@H]3C[C@@H]([C@@H]3O[C@H](CO)[C@@H](O)[C@H](O)[C@H]3O)[C@]12C. The van der Waals surface area contributed by atoms with Crippen molar-refractivity contribution < 1.29 is 60.2 Å². The molecule has 49 heavy (non-hydrogen) atoms. The molecule has 2 heterocycles. The highest BCUT2D eigenvalue weighted by molar-refractivity contribution is 5.66. The molecule has 0 aromatic heterocycles. The summed E-state index contributed by atoms with van der Waals surface area (Å²) in [5.74, 6) is -1.28. The summed E-state index contributed by atoms with van der Waals surface area (Å²) >= 11 is 0. The molecule has 2 saturated heterocycles. The third kappa shape index (κ3) is 6.10. The van der Waals surface area contributed by atoms with E-state index in [9.17, 15) is 50.8 Å². The van der Waals surface area contributed by atoms with E-state index < -0.39 is 85.6 Å². The van der Waals surface area contributed by atoms with Crippen molar-refractivity contribution >= 4 is 5.97 Å². The second-order valence-corrected chi connectivity index (χ2v) is 17.3. The first kappa shape index (κ1) is 37.8. The molecule has 4 aliphatic carbocycles. The van der Waals surface area contributed by atoms with Crippen molar-refractivity contribution in [1.82, 2.24) is 0 Å². The predicted molar refractivity (Wildman–Crippen MR) is 175 cm³/mol. The lowest BCUT2D eigenvalue weighted by Crippen LogP contribution is -2.69. The molecule has 0 bridgehead atoms. The van der Waals surface area contributed by atoms with Crippen LogP contribution in [0, 0.1) is 58.2 Å². The topological polar surface area (TPSA) is 244 Å². The van der Waals surface area contributed by atoms with Crippen LogP contribution in [-0.2, 0) is 14.3 Å². The zero-order chi connectivity index (χ0) is 35.7. The summed E-state index contributed by atoms with van der Waals surface area (Å²) in [5.41, 5.74) is 5.85. The number of aliphatic carboxylic acids is 1. The fraction of sp³-hybridized carbons (Fsp3) is 0.972. The second-order valence-electron chi connectivity index (χ2n) is 17.3. The van der Waals surface area contributed by atoms with Crippen LogP contribution in [0.15, 0.2) is 0 Å². The third-order valence-electron chi connectivity index (χ3n) is 15.3. The molecule has 6 fully saturated rings. The first-order valence-corrected chi connectivity index (χ1v) is 18.7. The molecule has 21 atom stereocenters. The summed E-state index contributed by atoms with van der Waals surface area (Å²) in [6, 6.07) is 0.00567. The zero-order valence-electron chi connectivity index (χ0n) is 29.1. The Labute approximate surface area is 288 Å². The van der Waals surface area contributed by atoms with E-state index in [-0.39, 0.29) is 65.2 Å². The van der Waals surface area contributed by atoms with Gasteiger partial charge in [0.05, 0.1) is 25.4 Å². The quantitative estimate of drug-likeness (QED) is 0.155. The number of aliphatic hydroxyl groups excluding tert-OH is 8. The second kappa shape index (κ2) is 14.1. The Balaban J connectivity index is 1.47. The van der Waals surface area contributed by atoms with Crippen molar-refractivity contribution in [2.75, 3.05) is 13.2 Å². The van der Waals surface area contributed by atoms with Crippen LogP contribution < -0.4 is 5.73 Å². The maximum Gasteiger partial charge on any atom is 0.303 e. The molecule has 0 spiro atoms. The van der Waals surface area contributed by atoms with Gasteiger partial charge in [0.15, 0.2) is 0 Å². The molecule has 2 unspecified atom stereocenters. The molecule has 0 radical (unpaired) electrons. The largest absolute Gasteiger partial charge is 0.481 e. The lowest BCUT2D eigenvalue weighted by Gasteiger charge is -2.67. The van der Waals surface area contributed by atoms with Gasteiger partial charge in [0, 0.05) is 12.5 Å². The van der Waals surface area contributed by atoms with Crippen LogP contribution in [0.4, 0.5) is 0 Å². The summed E-state index contributed by atoms with van der Waals surface area (Å²) in [4.78, 5) is 11.7. The minimum Gasteiger partial charge on any atom is -0.481 e. The summed E-state index contributed by atoms with van der Waals surface area (Å²) in [7, 11) is 0. The number of nitrogens with two attached hydrogens (primary N) is 1. The van der Waals surface area contributed by atoms with Crippen molar-refractivity contribution in [1.29, 1.82) is 0 Å². The molecule has 13 nitrogen and oxygen atoms in total. The molecule has 0 aromatic rings. The Morgan fingerprint density at radius 3 is 1.96 bits per heavy atom. The highest BCUT2D eigenvalue weighted by Gasteiger charge is 2.69. The number of carboxylic acids is 1. The van der Waals surface area contributed by atoms with Gasteiger partial charge in [0.2, 0.25) is 0 Å². The van der Waals surface area contributed by atoms with Gasteiger partial charge in [-0.2, -0.15) is 0 Å². The zero-order valence-corrected chi connectivity index (χ0v) is 29.1. The maximum atomic E-state index is 11.7. The Bertz CT molecular complexity index is 1170. The molecule has 0 amide bonds. The molecular weight excluding hydrogens is 638 g/mol. The van der Waals surface area contributed by atoms with Gasteiger partial charge in [-0.3, -0.25) is 4.79 Å². The summed E-state index contributed by atoms with van der Waals surface area (Å²) in [6.07, 6.45) is -6.80. The monoisotopic (exact) mass is 699 g/mol. The minimum absolute atomic E-state index is 0.000324. The molecule has 13 heteroatoms. The average molecular weight is 700 g/mol. The molecule has 4 saturated carbocycles. The van der Waals surface area contributed by atoms with Crippen LogP contribution in [-0.4, -0.2) is 132 Å². The first-order valence-electron chi connectivity index (χ1n) is 18.7. The third-order valence-corrected chi connectivity index (χ3v) is 15.3. The van der Waals surface area contributed by atoms with E-state index in [4.69, 9.17) is 15.2 Å². The molecule has 6 rings (SSSR count). The van der Waals surface area contributed by atoms with Crippen molar-refractivity contribution in [2.24, 2.45) is 63.9 Å². The summed E-state index contributed by atoms with van der Waals surface area (Å²) < 4.78 is 12.7. The van der Waals surface area contributed by atoms with E-state index in [0.717, 1.165) is 32.1 Å². The molecule has 6 aliphatic rings. The van der Waals surface area contributed by atoms with Gasteiger partial charge >= 0.3 is 5.97 Å². The van der Waals surface area contributed by atoms with Crippen molar-refractivity contribution in [3.8, 4) is 0 Å². The lowest BCUT2D eigenvalue weighted by atomic mass is 9.39. The minimum atomic E-state index is -1.52. The number of hydrogen-bond acceptors (Lipinski definition) is 12. The number of carbonyl (C=O) groups is 1. The van der Waals surface area contributed by atoms with E-state index >= 15 is 0 Å². The molecule has 282 valence electrons. The number of fused-ring (bicyclic) bond motifs is 5. The average Bonchev–Trinajstić information content (AvgIpc) is 3.43. The van der Waals surface area contributed by atoms with E-state index in [1.165, 1.54) is 0 Å². The van der Waals surface area contributed by atoms with E-state index in [1.54, 1.807) is 0 Å². The highest BCUT2D eigenvalue weighted by Crippen LogP contribution is 2.72. The number of rotatable bonds is 8. The van der Waals surface area contributed by atoms with Crippen molar-refractivity contribution in [3.05, 3.63) is 0 Å². The Morgan fingerprint density at radius 1 is 0.776 bits per heavy atom.